The zero-order chi connectivity index (χ0) is 10.6. The summed E-state index contributed by atoms with van der Waals surface area (Å²) < 4.78 is 10.3. The van der Waals surface area contributed by atoms with E-state index in [1.807, 2.05) is 20.8 Å². The minimum atomic E-state index is -0.354. The van der Waals surface area contributed by atoms with E-state index in [9.17, 15) is 4.79 Å². The van der Waals surface area contributed by atoms with Crippen LogP contribution in [0.1, 0.15) is 33.6 Å². The monoisotopic (exact) mass is 201 g/mol. The Morgan fingerprint density at radius 2 is 2.29 bits per heavy atom. The molecule has 4 heteroatoms. The molecule has 1 aliphatic rings. The van der Waals surface area contributed by atoms with Crippen LogP contribution in [-0.4, -0.2) is 30.9 Å². The van der Waals surface area contributed by atoms with E-state index in [0.717, 1.165) is 19.4 Å². The first-order valence-corrected chi connectivity index (χ1v) is 5.08. The molecule has 0 aromatic rings. The molecule has 0 saturated carbocycles. The van der Waals surface area contributed by atoms with Crippen molar-refractivity contribution in [3.05, 3.63) is 0 Å². The Hall–Kier alpha value is -0.770. The lowest BCUT2D eigenvalue weighted by Gasteiger charge is -2.33. The third-order valence-electron chi connectivity index (χ3n) is 2.18. The van der Waals surface area contributed by atoms with Crippen LogP contribution in [0.3, 0.4) is 0 Å². The summed E-state index contributed by atoms with van der Waals surface area (Å²) in [5, 5.41) is 2.84. The van der Waals surface area contributed by atoms with Crippen LogP contribution in [-0.2, 0) is 9.47 Å². The SMILES string of the molecule is CC(C)OC(=O)NC1(C)CCCOC1. The molecule has 1 aliphatic heterocycles. The van der Waals surface area contributed by atoms with Gasteiger partial charge in [0, 0.05) is 6.61 Å². The Balaban J connectivity index is 2.37. The number of amides is 1. The molecule has 0 radical (unpaired) electrons. The predicted octanol–water partition coefficient (Wildman–Crippen LogP) is 1.69. The van der Waals surface area contributed by atoms with Crippen LogP contribution in [0.2, 0.25) is 0 Å². The zero-order valence-corrected chi connectivity index (χ0v) is 9.13. The number of rotatable bonds is 2. The van der Waals surface area contributed by atoms with Crippen LogP contribution in [0.4, 0.5) is 4.79 Å². The fourth-order valence-electron chi connectivity index (χ4n) is 1.52. The van der Waals surface area contributed by atoms with Gasteiger partial charge in [-0.3, -0.25) is 0 Å². The Bertz CT molecular complexity index is 198. The summed E-state index contributed by atoms with van der Waals surface area (Å²) in [6, 6.07) is 0. The van der Waals surface area contributed by atoms with Crippen LogP contribution >= 0.6 is 0 Å². The molecule has 82 valence electrons. The molecule has 0 bridgehead atoms. The minimum absolute atomic E-state index is 0.0805. The van der Waals surface area contributed by atoms with E-state index >= 15 is 0 Å². The highest BCUT2D eigenvalue weighted by Gasteiger charge is 2.29. The lowest BCUT2D eigenvalue weighted by molar-refractivity contribution is 0.0229. The van der Waals surface area contributed by atoms with Gasteiger partial charge in [-0.05, 0) is 33.6 Å². The van der Waals surface area contributed by atoms with Gasteiger partial charge in [0.15, 0.2) is 0 Å². The Morgan fingerprint density at radius 1 is 1.57 bits per heavy atom. The molecule has 1 saturated heterocycles. The van der Waals surface area contributed by atoms with Crippen molar-refractivity contribution in [1.29, 1.82) is 0 Å². The molecule has 14 heavy (non-hydrogen) atoms. The average Bonchev–Trinajstić information content (AvgIpc) is 2.02. The van der Waals surface area contributed by atoms with Crippen LogP contribution in [0.25, 0.3) is 0 Å². The summed E-state index contributed by atoms with van der Waals surface area (Å²) in [6.45, 7) is 7.00. The van der Waals surface area contributed by atoms with Crippen molar-refractivity contribution >= 4 is 6.09 Å². The van der Waals surface area contributed by atoms with E-state index in [0.29, 0.717) is 6.61 Å². The molecule has 0 aliphatic carbocycles. The quantitative estimate of drug-likeness (QED) is 0.739. The third kappa shape index (κ3) is 3.54. The van der Waals surface area contributed by atoms with Crippen molar-refractivity contribution in [3.63, 3.8) is 0 Å². The smallest absolute Gasteiger partial charge is 0.407 e. The Labute approximate surface area is 85.0 Å². The molecule has 1 fully saturated rings. The molecule has 0 aromatic heterocycles. The van der Waals surface area contributed by atoms with Gasteiger partial charge in [-0.25, -0.2) is 4.79 Å². The fourth-order valence-corrected chi connectivity index (χ4v) is 1.52. The highest BCUT2D eigenvalue weighted by Crippen LogP contribution is 2.18. The number of hydrogen-bond acceptors (Lipinski definition) is 3. The Kier molecular flexibility index (Phi) is 3.75. The molecule has 1 N–H and O–H groups in total. The van der Waals surface area contributed by atoms with Crippen molar-refractivity contribution in [2.24, 2.45) is 0 Å². The molecule has 1 amide bonds. The van der Waals surface area contributed by atoms with Crippen molar-refractivity contribution < 1.29 is 14.3 Å². The summed E-state index contributed by atoms with van der Waals surface area (Å²) >= 11 is 0. The standard InChI is InChI=1S/C10H19NO3/c1-8(2)14-9(12)11-10(3)5-4-6-13-7-10/h8H,4-7H2,1-3H3,(H,11,12). The second-order valence-electron chi connectivity index (χ2n) is 4.30. The van der Waals surface area contributed by atoms with Gasteiger partial charge in [0.05, 0.1) is 18.2 Å². The zero-order valence-electron chi connectivity index (χ0n) is 9.13. The van der Waals surface area contributed by atoms with Crippen molar-refractivity contribution in [2.75, 3.05) is 13.2 Å². The van der Waals surface area contributed by atoms with E-state index in [1.165, 1.54) is 0 Å². The predicted molar refractivity (Wildman–Crippen MR) is 53.2 cm³/mol. The number of ether oxygens (including phenoxy) is 2. The van der Waals surface area contributed by atoms with Crippen molar-refractivity contribution in [1.82, 2.24) is 5.32 Å². The lowest BCUT2D eigenvalue weighted by Crippen LogP contribution is -2.52. The van der Waals surface area contributed by atoms with E-state index in [2.05, 4.69) is 5.32 Å². The number of carbonyl (C=O) groups is 1. The van der Waals surface area contributed by atoms with Gasteiger partial charge in [-0.1, -0.05) is 0 Å². The molecule has 4 nitrogen and oxygen atoms in total. The van der Waals surface area contributed by atoms with Crippen LogP contribution in [0, 0.1) is 0 Å². The maximum Gasteiger partial charge on any atom is 0.407 e. The van der Waals surface area contributed by atoms with Gasteiger partial charge in [-0.2, -0.15) is 0 Å². The minimum Gasteiger partial charge on any atom is -0.447 e. The van der Waals surface area contributed by atoms with Crippen LogP contribution in [0.15, 0.2) is 0 Å². The molecular formula is C10H19NO3. The normalized spacial score (nSPS) is 27.4. The summed E-state index contributed by atoms with van der Waals surface area (Å²) in [5.74, 6) is 0. The lowest BCUT2D eigenvalue weighted by atomic mass is 9.95. The first-order chi connectivity index (χ1) is 6.52. The molecule has 1 heterocycles. The number of carbonyl (C=O) groups excluding carboxylic acids is 1. The summed E-state index contributed by atoms with van der Waals surface area (Å²) in [6.07, 6.45) is 1.50. The highest BCUT2D eigenvalue weighted by molar-refractivity contribution is 5.68. The highest BCUT2D eigenvalue weighted by atomic mass is 16.6. The van der Waals surface area contributed by atoms with E-state index in [-0.39, 0.29) is 17.7 Å². The molecule has 1 unspecified atom stereocenters. The maximum atomic E-state index is 11.3. The number of nitrogens with one attached hydrogen (secondary N) is 1. The van der Waals surface area contributed by atoms with Gasteiger partial charge < -0.3 is 14.8 Å². The van der Waals surface area contributed by atoms with E-state index in [1.54, 1.807) is 0 Å². The number of alkyl carbamates (subject to hydrolysis) is 1. The first kappa shape index (κ1) is 11.3. The fraction of sp³-hybridized carbons (Fsp3) is 0.900. The van der Waals surface area contributed by atoms with Gasteiger partial charge in [-0.15, -0.1) is 0 Å². The van der Waals surface area contributed by atoms with Gasteiger partial charge in [0.2, 0.25) is 0 Å². The van der Waals surface area contributed by atoms with E-state index < -0.39 is 0 Å². The van der Waals surface area contributed by atoms with E-state index in [4.69, 9.17) is 9.47 Å². The van der Waals surface area contributed by atoms with Crippen molar-refractivity contribution in [3.8, 4) is 0 Å². The first-order valence-electron chi connectivity index (χ1n) is 5.08. The summed E-state index contributed by atoms with van der Waals surface area (Å²) in [7, 11) is 0. The van der Waals surface area contributed by atoms with Crippen molar-refractivity contribution in [2.45, 2.75) is 45.3 Å². The molecule has 1 rings (SSSR count). The molecular weight excluding hydrogens is 182 g/mol. The van der Waals surface area contributed by atoms with Gasteiger partial charge in [0.1, 0.15) is 0 Å². The summed E-state index contributed by atoms with van der Waals surface area (Å²) in [4.78, 5) is 11.3. The largest absolute Gasteiger partial charge is 0.447 e. The maximum absolute atomic E-state index is 11.3. The average molecular weight is 201 g/mol. The van der Waals surface area contributed by atoms with Gasteiger partial charge in [0.25, 0.3) is 0 Å². The summed E-state index contributed by atoms with van der Waals surface area (Å²) in [5.41, 5.74) is -0.260. The van der Waals surface area contributed by atoms with Crippen LogP contribution in [0.5, 0.6) is 0 Å². The Morgan fingerprint density at radius 3 is 2.79 bits per heavy atom. The van der Waals surface area contributed by atoms with Gasteiger partial charge >= 0.3 is 6.09 Å². The third-order valence-corrected chi connectivity index (χ3v) is 2.18. The molecule has 0 spiro atoms. The molecule has 0 aromatic carbocycles. The van der Waals surface area contributed by atoms with Crippen LogP contribution < -0.4 is 5.32 Å². The number of hydrogen-bond donors (Lipinski definition) is 1. The second kappa shape index (κ2) is 4.64. The second-order valence-corrected chi connectivity index (χ2v) is 4.30. The topological polar surface area (TPSA) is 47.6 Å². The molecule has 1 atom stereocenters.